The molecule has 2 heterocycles. The third-order valence-electron chi connectivity index (χ3n) is 2.36. The van der Waals surface area contributed by atoms with Crippen molar-refractivity contribution >= 4 is 28.7 Å². The SMILES string of the molecule is CCc1ccsc1C(=O)Nc1ccc(N)cn1. The zero-order chi connectivity index (χ0) is 12.3. The van der Waals surface area contributed by atoms with Crippen molar-refractivity contribution in [2.75, 3.05) is 11.1 Å². The van der Waals surface area contributed by atoms with Crippen molar-refractivity contribution in [2.45, 2.75) is 13.3 Å². The number of pyridine rings is 1. The van der Waals surface area contributed by atoms with Crippen LogP contribution >= 0.6 is 11.3 Å². The summed E-state index contributed by atoms with van der Waals surface area (Å²) >= 11 is 1.44. The molecule has 2 aromatic rings. The highest BCUT2D eigenvalue weighted by atomic mass is 32.1. The van der Waals surface area contributed by atoms with Gasteiger partial charge in [0.15, 0.2) is 0 Å². The number of rotatable bonds is 3. The van der Waals surface area contributed by atoms with E-state index in [1.54, 1.807) is 12.1 Å². The van der Waals surface area contributed by atoms with Crippen LogP contribution in [0.4, 0.5) is 11.5 Å². The van der Waals surface area contributed by atoms with Crippen LogP contribution in [0.25, 0.3) is 0 Å². The molecule has 2 aromatic heterocycles. The number of aryl methyl sites for hydroxylation is 1. The zero-order valence-electron chi connectivity index (χ0n) is 9.43. The number of nitrogens with two attached hydrogens (primary N) is 1. The van der Waals surface area contributed by atoms with Gasteiger partial charge in [-0.25, -0.2) is 4.98 Å². The van der Waals surface area contributed by atoms with Crippen LogP contribution in [0.3, 0.4) is 0 Å². The van der Waals surface area contributed by atoms with Crippen LogP contribution in [0.5, 0.6) is 0 Å². The summed E-state index contributed by atoms with van der Waals surface area (Å²) in [7, 11) is 0. The van der Waals surface area contributed by atoms with Gasteiger partial charge in [0.1, 0.15) is 5.82 Å². The van der Waals surface area contributed by atoms with E-state index in [-0.39, 0.29) is 5.91 Å². The first-order chi connectivity index (χ1) is 8.20. The number of carbonyl (C=O) groups is 1. The summed E-state index contributed by atoms with van der Waals surface area (Å²) in [5.74, 6) is 0.397. The molecule has 0 aliphatic rings. The van der Waals surface area contributed by atoms with Crippen molar-refractivity contribution < 1.29 is 4.79 Å². The number of nitrogens with one attached hydrogen (secondary N) is 1. The topological polar surface area (TPSA) is 68.0 Å². The number of nitrogens with zero attached hydrogens (tertiary/aromatic N) is 1. The van der Waals surface area contributed by atoms with Gasteiger partial charge in [0.2, 0.25) is 0 Å². The second-order valence-corrected chi connectivity index (χ2v) is 4.48. The maximum atomic E-state index is 12.0. The minimum absolute atomic E-state index is 0.117. The summed E-state index contributed by atoms with van der Waals surface area (Å²) in [6.07, 6.45) is 2.37. The fraction of sp³-hybridized carbons (Fsp3) is 0.167. The fourth-order valence-electron chi connectivity index (χ4n) is 1.47. The minimum Gasteiger partial charge on any atom is -0.397 e. The van der Waals surface area contributed by atoms with E-state index in [9.17, 15) is 4.79 Å². The summed E-state index contributed by atoms with van der Waals surface area (Å²) in [5.41, 5.74) is 7.16. The highest BCUT2D eigenvalue weighted by molar-refractivity contribution is 7.12. The third kappa shape index (κ3) is 2.62. The molecule has 88 valence electrons. The van der Waals surface area contributed by atoms with Gasteiger partial charge < -0.3 is 11.1 Å². The molecule has 0 atom stereocenters. The van der Waals surface area contributed by atoms with Crippen molar-refractivity contribution in [1.82, 2.24) is 4.98 Å². The van der Waals surface area contributed by atoms with Gasteiger partial charge in [-0.1, -0.05) is 6.92 Å². The average Bonchev–Trinajstić information content (AvgIpc) is 2.80. The van der Waals surface area contributed by atoms with Crippen LogP contribution in [-0.4, -0.2) is 10.9 Å². The van der Waals surface area contributed by atoms with Gasteiger partial charge in [0.05, 0.1) is 16.8 Å². The van der Waals surface area contributed by atoms with Crippen LogP contribution in [0.1, 0.15) is 22.2 Å². The zero-order valence-corrected chi connectivity index (χ0v) is 10.3. The van der Waals surface area contributed by atoms with E-state index < -0.39 is 0 Å². The highest BCUT2D eigenvalue weighted by Gasteiger charge is 2.12. The lowest BCUT2D eigenvalue weighted by Crippen LogP contribution is -2.13. The lowest BCUT2D eigenvalue weighted by Gasteiger charge is -2.04. The Morgan fingerprint density at radius 3 is 2.94 bits per heavy atom. The summed E-state index contributed by atoms with van der Waals surface area (Å²) in [6, 6.07) is 5.36. The molecule has 3 N–H and O–H groups in total. The molecule has 0 saturated heterocycles. The minimum atomic E-state index is -0.117. The monoisotopic (exact) mass is 247 g/mol. The van der Waals surface area contributed by atoms with Gasteiger partial charge in [-0.3, -0.25) is 4.79 Å². The first-order valence-electron chi connectivity index (χ1n) is 5.30. The molecule has 0 aliphatic heterocycles. The number of amides is 1. The van der Waals surface area contributed by atoms with Gasteiger partial charge in [0, 0.05) is 0 Å². The summed E-state index contributed by atoms with van der Waals surface area (Å²) in [5, 5.41) is 4.67. The highest BCUT2D eigenvalue weighted by Crippen LogP contribution is 2.18. The standard InChI is InChI=1S/C12H13N3OS/c1-2-8-5-6-17-11(8)12(16)15-10-4-3-9(13)7-14-10/h3-7H,2,13H2,1H3,(H,14,15,16). The van der Waals surface area contributed by atoms with Gasteiger partial charge in [0.25, 0.3) is 5.91 Å². The number of nitrogen functional groups attached to an aromatic ring is 1. The third-order valence-corrected chi connectivity index (χ3v) is 3.32. The van der Waals surface area contributed by atoms with E-state index in [2.05, 4.69) is 10.3 Å². The van der Waals surface area contributed by atoms with E-state index in [1.165, 1.54) is 17.5 Å². The van der Waals surface area contributed by atoms with Crippen LogP contribution in [0.15, 0.2) is 29.8 Å². The van der Waals surface area contributed by atoms with Gasteiger partial charge in [-0.15, -0.1) is 11.3 Å². The molecular formula is C12H13N3OS. The van der Waals surface area contributed by atoms with E-state index in [0.29, 0.717) is 11.5 Å². The maximum absolute atomic E-state index is 12.0. The van der Waals surface area contributed by atoms with E-state index in [1.807, 2.05) is 18.4 Å². The molecule has 0 aliphatic carbocycles. The van der Waals surface area contributed by atoms with Crippen LogP contribution in [0, 0.1) is 0 Å². The lowest BCUT2D eigenvalue weighted by molar-refractivity contribution is 0.102. The summed E-state index contributed by atoms with van der Waals surface area (Å²) in [4.78, 5) is 16.7. The Labute approximate surface area is 103 Å². The number of carbonyl (C=O) groups excluding carboxylic acids is 1. The Bertz CT molecular complexity index is 519. The van der Waals surface area contributed by atoms with E-state index in [0.717, 1.165) is 16.9 Å². The molecule has 5 heteroatoms. The van der Waals surface area contributed by atoms with E-state index in [4.69, 9.17) is 5.73 Å². The predicted octanol–water partition coefficient (Wildman–Crippen LogP) is 2.54. The summed E-state index contributed by atoms with van der Waals surface area (Å²) in [6.45, 7) is 2.03. The van der Waals surface area contributed by atoms with Gasteiger partial charge >= 0.3 is 0 Å². The van der Waals surface area contributed by atoms with Gasteiger partial charge in [-0.2, -0.15) is 0 Å². The number of thiophene rings is 1. The Balaban J connectivity index is 2.14. The number of hydrogen-bond donors (Lipinski definition) is 2. The Morgan fingerprint density at radius 2 is 2.29 bits per heavy atom. The lowest BCUT2D eigenvalue weighted by atomic mass is 10.2. The number of aromatic nitrogens is 1. The average molecular weight is 247 g/mol. The predicted molar refractivity (Wildman–Crippen MR) is 70.3 cm³/mol. The Morgan fingerprint density at radius 1 is 1.47 bits per heavy atom. The molecule has 0 saturated carbocycles. The van der Waals surface area contributed by atoms with Crippen LogP contribution in [0.2, 0.25) is 0 Å². The van der Waals surface area contributed by atoms with Crippen molar-refractivity contribution in [1.29, 1.82) is 0 Å². The molecule has 17 heavy (non-hydrogen) atoms. The van der Waals surface area contributed by atoms with Crippen molar-refractivity contribution in [3.8, 4) is 0 Å². The van der Waals surface area contributed by atoms with Crippen LogP contribution in [-0.2, 0) is 6.42 Å². The molecule has 0 aromatic carbocycles. The first-order valence-corrected chi connectivity index (χ1v) is 6.18. The van der Waals surface area contributed by atoms with Crippen molar-refractivity contribution in [2.24, 2.45) is 0 Å². The van der Waals surface area contributed by atoms with Crippen LogP contribution < -0.4 is 11.1 Å². The number of anilines is 2. The second kappa shape index (κ2) is 4.97. The molecular weight excluding hydrogens is 234 g/mol. The number of hydrogen-bond acceptors (Lipinski definition) is 4. The first kappa shape index (κ1) is 11.6. The van der Waals surface area contributed by atoms with Crippen molar-refractivity contribution in [3.05, 3.63) is 40.2 Å². The Hall–Kier alpha value is -1.88. The largest absolute Gasteiger partial charge is 0.397 e. The molecule has 0 unspecified atom stereocenters. The normalized spacial score (nSPS) is 10.2. The van der Waals surface area contributed by atoms with E-state index >= 15 is 0 Å². The molecule has 0 fully saturated rings. The molecule has 0 radical (unpaired) electrons. The molecule has 4 nitrogen and oxygen atoms in total. The maximum Gasteiger partial charge on any atom is 0.267 e. The molecule has 0 bridgehead atoms. The van der Waals surface area contributed by atoms with Crippen molar-refractivity contribution in [3.63, 3.8) is 0 Å². The second-order valence-electron chi connectivity index (χ2n) is 3.56. The molecule has 0 spiro atoms. The quantitative estimate of drug-likeness (QED) is 0.875. The van der Waals surface area contributed by atoms with Gasteiger partial charge in [-0.05, 0) is 35.6 Å². The molecule has 2 rings (SSSR count). The summed E-state index contributed by atoms with van der Waals surface area (Å²) < 4.78 is 0. The molecule has 1 amide bonds. The Kier molecular flexibility index (Phi) is 3.39. The fourth-order valence-corrected chi connectivity index (χ4v) is 2.36. The smallest absolute Gasteiger partial charge is 0.267 e.